The number of carboxylic acid groups (broad SMARTS) is 1. The number of oxime groups is 1. The Kier molecular flexibility index (Phi) is 10.3. The zero-order chi connectivity index (χ0) is 28.5. The highest BCUT2D eigenvalue weighted by atomic mass is 16.6. The summed E-state index contributed by atoms with van der Waals surface area (Å²) in [6.07, 6.45) is 1.30. The second kappa shape index (κ2) is 13.6. The van der Waals surface area contributed by atoms with Crippen LogP contribution in [0.3, 0.4) is 0 Å². The molecule has 2 aromatic carbocycles. The molecule has 1 aliphatic heterocycles. The third-order valence-electron chi connectivity index (χ3n) is 6.51. The highest BCUT2D eigenvalue weighted by Gasteiger charge is 2.31. The van der Waals surface area contributed by atoms with Crippen LogP contribution in [0.15, 0.2) is 47.6 Å². The van der Waals surface area contributed by atoms with E-state index in [9.17, 15) is 19.5 Å². The van der Waals surface area contributed by atoms with Crippen LogP contribution in [0.25, 0.3) is 0 Å². The first kappa shape index (κ1) is 29.5. The maximum atomic E-state index is 13.0. The van der Waals surface area contributed by atoms with Gasteiger partial charge in [0.1, 0.15) is 11.9 Å². The Morgan fingerprint density at radius 3 is 2.49 bits per heavy atom. The number of nitrogens with zero attached hydrogens (tertiary/aromatic N) is 1. The summed E-state index contributed by atoms with van der Waals surface area (Å²) in [5, 5.41) is 22.0. The average Bonchev–Trinajstić information content (AvgIpc) is 3.34. The van der Waals surface area contributed by atoms with Crippen LogP contribution in [-0.2, 0) is 20.8 Å². The van der Waals surface area contributed by atoms with Gasteiger partial charge in [-0.2, -0.15) is 0 Å². The monoisotopic (exact) mass is 538 g/mol. The molecule has 0 fully saturated rings. The molecule has 0 radical (unpaired) electrons. The maximum Gasteiger partial charge on any atom is 0.323 e. The number of nitrogens with one attached hydrogen (secondary N) is 3. The highest BCUT2D eigenvalue weighted by molar-refractivity contribution is 6.01. The van der Waals surface area contributed by atoms with Crippen LogP contribution < -0.4 is 20.7 Å². The van der Waals surface area contributed by atoms with E-state index in [0.717, 1.165) is 16.8 Å². The Balaban J connectivity index is 1.61. The van der Waals surface area contributed by atoms with Crippen molar-refractivity contribution in [3.05, 3.63) is 53.6 Å². The fourth-order valence-corrected chi connectivity index (χ4v) is 4.40. The number of carbonyl (C=O) groups is 3. The van der Waals surface area contributed by atoms with Crippen molar-refractivity contribution < 1.29 is 29.1 Å². The molecule has 3 rings (SSSR count). The normalized spacial score (nSPS) is 16.1. The number of rotatable bonds is 12. The lowest BCUT2D eigenvalue weighted by Crippen LogP contribution is -2.42. The standard InChI is InChI=1S/C29H38N4O6/c1-17(2)12-24(25-16-21(39-33-25)13-19(4)28(35)36)30-27(34)15-20-10-11-23(26(14-20)38-5)32-29(37)31-22-9-7-6-8-18(22)3/h6-11,14,17,19,21,24H,12-13,15-16H2,1-5H3,(H,30,34)(H,35,36)(H2,31,32,37). The van der Waals surface area contributed by atoms with E-state index < -0.39 is 17.9 Å². The molecule has 0 aromatic heterocycles. The van der Waals surface area contributed by atoms with Gasteiger partial charge >= 0.3 is 12.0 Å². The molecule has 3 atom stereocenters. The number of carboxylic acids is 1. The van der Waals surface area contributed by atoms with E-state index in [4.69, 9.17) is 9.57 Å². The number of methoxy groups -OCH3 is 1. The molecule has 0 bridgehead atoms. The van der Waals surface area contributed by atoms with Crippen LogP contribution in [0, 0.1) is 18.8 Å². The fourth-order valence-electron chi connectivity index (χ4n) is 4.40. The Morgan fingerprint density at radius 2 is 1.82 bits per heavy atom. The van der Waals surface area contributed by atoms with Gasteiger partial charge in [-0.1, -0.05) is 50.2 Å². The molecular formula is C29H38N4O6. The number of para-hydroxylation sites is 1. The largest absolute Gasteiger partial charge is 0.495 e. The first-order valence-electron chi connectivity index (χ1n) is 13.1. The van der Waals surface area contributed by atoms with E-state index in [1.165, 1.54) is 7.11 Å². The van der Waals surface area contributed by atoms with Gasteiger partial charge in [0.2, 0.25) is 5.91 Å². The van der Waals surface area contributed by atoms with E-state index in [1.807, 2.05) is 31.2 Å². The molecule has 3 amide bonds. The second-order valence-electron chi connectivity index (χ2n) is 10.3. The van der Waals surface area contributed by atoms with Gasteiger partial charge in [-0.05, 0) is 48.6 Å². The summed E-state index contributed by atoms with van der Waals surface area (Å²) < 4.78 is 5.47. The van der Waals surface area contributed by atoms with Crippen LogP contribution >= 0.6 is 0 Å². The summed E-state index contributed by atoms with van der Waals surface area (Å²) in [6.45, 7) is 7.67. The lowest BCUT2D eigenvalue weighted by atomic mass is 9.93. The summed E-state index contributed by atoms with van der Waals surface area (Å²) in [5.41, 5.74) is 3.56. The molecule has 0 aliphatic carbocycles. The summed E-state index contributed by atoms with van der Waals surface area (Å²) in [5.74, 6) is -0.869. The van der Waals surface area contributed by atoms with Crippen molar-refractivity contribution >= 4 is 35.0 Å². The van der Waals surface area contributed by atoms with Crippen molar-refractivity contribution in [2.75, 3.05) is 17.7 Å². The van der Waals surface area contributed by atoms with Gasteiger partial charge in [-0.3, -0.25) is 9.59 Å². The van der Waals surface area contributed by atoms with E-state index in [1.54, 1.807) is 25.1 Å². The zero-order valence-electron chi connectivity index (χ0n) is 23.1. The van der Waals surface area contributed by atoms with Gasteiger partial charge in [-0.15, -0.1) is 0 Å². The number of aliphatic carboxylic acids is 1. The van der Waals surface area contributed by atoms with Crippen molar-refractivity contribution in [1.29, 1.82) is 0 Å². The van der Waals surface area contributed by atoms with Crippen LogP contribution in [0.4, 0.5) is 16.2 Å². The van der Waals surface area contributed by atoms with Crippen molar-refractivity contribution in [3.63, 3.8) is 0 Å². The fraction of sp³-hybridized carbons (Fsp3) is 0.448. The highest BCUT2D eigenvalue weighted by Crippen LogP contribution is 2.27. The number of benzene rings is 2. The molecule has 1 aliphatic rings. The van der Waals surface area contributed by atoms with Gasteiger partial charge < -0.3 is 30.6 Å². The van der Waals surface area contributed by atoms with Crippen LogP contribution in [0.1, 0.15) is 51.2 Å². The van der Waals surface area contributed by atoms with Gasteiger partial charge in [0.05, 0.1) is 36.9 Å². The van der Waals surface area contributed by atoms with E-state index in [2.05, 4.69) is 35.0 Å². The molecule has 0 spiro atoms. The first-order chi connectivity index (χ1) is 18.5. The smallest absolute Gasteiger partial charge is 0.323 e. The van der Waals surface area contributed by atoms with Crippen molar-refractivity contribution in [2.24, 2.45) is 17.0 Å². The predicted octanol–water partition coefficient (Wildman–Crippen LogP) is 4.98. The van der Waals surface area contributed by atoms with Crippen molar-refractivity contribution in [2.45, 2.75) is 65.5 Å². The molecule has 0 saturated heterocycles. The summed E-state index contributed by atoms with van der Waals surface area (Å²) >= 11 is 0. The number of anilines is 2. The molecular weight excluding hydrogens is 500 g/mol. The van der Waals surface area contributed by atoms with E-state index >= 15 is 0 Å². The minimum Gasteiger partial charge on any atom is -0.495 e. The maximum absolute atomic E-state index is 13.0. The molecule has 1 heterocycles. The Hall–Kier alpha value is -4.08. The SMILES string of the molecule is COc1cc(CC(=O)NC(CC(C)C)C2=NOC(CC(C)C(=O)O)C2)ccc1NC(=O)Nc1ccccc1C. The number of carbonyl (C=O) groups excluding carboxylic acids is 2. The van der Waals surface area contributed by atoms with E-state index in [-0.39, 0.29) is 24.5 Å². The Morgan fingerprint density at radius 1 is 1.10 bits per heavy atom. The topological polar surface area (TPSA) is 138 Å². The average molecular weight is 539 g/mol. The summed E-state index contributed by atoms with van der Waals surface area (Å²) in [4.78, 5) is 42.2. The lowest BCUT2D eigenvalue weighted by molar-refractivity contribution is -0.142. The minimum absolute atomic E-state index is 0.105. The summed E-state index contributed by atoms with van der Waals surface area (Å²) in [6, 6.07) is 12.0. The third-order valence-corrected chi connectivity index (χ3v) is 6.51. The van der Waals surface area contributed by atoms with E-state index in [0.29, 0.717) is 42.3 Å². The molecule has 39 heavy (non-hydrogen) atoms. The van der Waals surface area contributed by atoms with Gasteiger partial charge in [-0.25, -0.2) is 4.79 Å². The van der Waals surface area contributed by atoms with Gasteiger partial charge in [0, 0.05) is 18.5 Å². The molecule has 3 unspecified atom stereocenters. The zero-order valence-corrected chi connectivity index (χ0v) is 23.1. The number of urea groups is 1. The molecule has 2 aromatic rings. The van der Waals surface area contributed by atoms with Crippen LogP contribution in [0.5, 0.6) is 5.75 Å². The molecule has 4 N–H and O–H groups in total. The number of hydrogen-bond donors (Lipinski definition) is 4. The summed E-state index contributed by atoms with van der Waals surface area (Å²) in [7, 11) is 1.50. The number of amides is 3. The van der Waals surface area contributed by atoms with Crippen LogP contribution in [0.2, 0.25) is 0 Å². The number of ether oxygens (including phenoxy) is 1. The number of hydrogen-bond acceptors (Lipinski definition) is 6. The number of aryl methyl sites for hydroxylation is 1. The van der Waals surface area contributed by atoms with Crippen LogP contribution in [-0.4, -0.2) is 48.0 Å². The first-order valence-corrected chi connectivity index (χ1v) is 13.1. The van der Waals surface area contributed by atoms with Crippen molar-refractivity contribution in [3.8, 4) is 5.75 Å². The Bertz CT molecular complexity index is 1210. The van der Waals surface area contributed by atoms with Gasteiger partial charge in [0.25, 0.3) is 0 Å². The quantitative estimate of drug-likeness (QED) is 0.301. The van der Waals surface area contributed by atoms with Crippen molar-refractivity contribution in [1.82, 2.24) is 5.32 Å². The molecule has 210 valence electrons. The molecule has 10 nitrogen and oxygen atoms in total. The lowest BCUT2D eigenvalue weighted by Gasteiger charge is -2.20. The minimum atomic E-state index is -0.873. The van der Waals surface area contributed by atoms with Gasteiger partial charge in [0.15, 0.2) is 0 Å². The third kappa shape index (κ3) is 8.73. The predicted molar refractivity (Wildman–Crippen MR) is 150 cm³/mol. The molecule has 10 heteroatoms. The molecule has 0 saturated carbocycles. The second-order valence-corrected chi connectivity index (χ2v) is 10.3. The Labute approximate surface area is 229 Å².